The standard InChI is InChI=1S/C22H20F3N3O/c1-15-12-26-27(13-15)14-20(29)28-11-10-16-4-2-3-5-19(16)21(28)17-6-8-18(9-7-17)22(23,24)25/h2-9,12-13,21H,10-11,14H2,1H3/t21-/m1/s1. The number of fused-ring (bicyclic) bond motifs is 1. The molecule has 0 spiro atoms. The molecule has 150 valence electrons. The van der Waals surface area contributed by atoms with E-state index in [0.717, 1.165) is 28.8 Å². The normalized spacial score (nSPS) is 16.6. The van der Waals surface area contributed by atoms with Crippen molar-refractivity contribution in [1.29, 1.82) is 0 Å². The van der Waals surface area contributed by atoms with Crippen molar-refractivity contribution in [3.8, 4) is 0 Å². The lowest BCUT2D eigenvalue weighted by Gasteiger charge is -2.38. The van der Waals surface area contributed by atoms with Gasteiger partial charge in [0, 0.05) is 12.7 Å². The van der Waals surface area contributed by atoms with Crippen LogP contribution < -0.4 is 0 Å². The number of rotatable bonds is 3. The first-order chi connectivity index (χ1) is 13.8. The summed E-state index contributed by atoms with van der Waals surface area (Å²) in [4.78, 5) is 14.8. The summed E-state index contributed by atoms with van der Waals surface area (Å²) in [5.41, 5.74) is 2.98. The Bertz CT molecular complexity index is 1020. The molecule has 0 fully saturated rings. The molecule has 0 bridgehead atoms. The molecular formula is C22H20F3N3O. The van der Waals surface area contributed by atoms with Gasteiger partial charge in [0.25, 0.3) is 0 Å². The molecule has 4 rings (SSSR count). The van der Waals surface area contributed by atoms with Crippen LogP contribution in [0.15, 0.2) is 60.9 Å². The molecule has 3 aromatic rings. The number of aryl methyl sites for hydroxylation is 1. The zero-order valence-corrected chi connectivity index (χ0v) is 15.9. The minimum absolute atomic E-state index is 0.0904. The van der Waals surface area contributed by atoms with Crippen LogP contribution in [0, 0.1) is 6.92 Å². The third-order valence-electron chi connectivity index (χ3n) is 5.22. The van der Waals surface area contributed by atoms with Crippen molar-refractivity contribution < 1.29 is 18.0 Å². The lowest BCUT2D eigenvalue weighted by Crippen LogP contribution is -2.42. The molecule has 0 radical (unpaired) electrons. The van der Waals surface area contributed by atoms with Gasteiger partial charge in [0.15, 0.2) is 0 Å². The Kier molecular flexibility index (Phi) is 4.90. The second-order valence-corrected chi connectivity index (χ2v) is 7.27. The Labute approximate surface area is 166 Å². The van der Waals surface area contributed by atoms with E-state index >= 15 is 0 Å². The average molecular weight is 399 g/mol. The third kappa shape index (κ3) is 3.90. The van der Waals surface area contributed by atoms with Crippen LogP contribution in [0.1, 0.15) is 33.9 Å². The lowest BCUT2D eigenvalue weighted by molar-refractivity contribution is -0.138. The van der Waals surface area contributed by atoms with Crippen molar-refractivity contribution >= 4 is 5.91 Å². The summed E-state index contributed by atoms with van der Waals surface area (Å²) in [7, 11) is 0. The smallest absolute Gasteiger partial charge is 0.330 e. The van der Waals surface area contributed by atoms with Gasteiger partial charge in [-0.3, -0.25) is 9.48 Å². The number of carbonyl (C=O) groups excluding carboxylic acids is 1. The molecule has 1 amide bonds. The Morgan fingerprint density at radius 1 is 1.14 bits per heavy atom. The predicted octanol–water partition coefficient (Wildman–Crippen LogP) is 4.38. The molecule has 0 N–H and O–H groups in total. The topological polar surface area (TPSA) is 38.1 Å². The predicted molar refractivity (Wildman–Crippen MR) is 102 cm³/mol. The maximum Gasteiger partial charge on any atom is 0.416 e. The van der Waals surface area contributed by atoms with Gasteiger partial charge in [-0.15, -0.1) is 0 Å². The maximum absolute atomic E-state index is 13.1. The number of halogens is 3. The molecule has 0 saturated carbocycles. The summed E-state index contributed by atoms with van der Waals surface area (Å²) >= 11 is 0. The summed E-state index contributed by atoms with van der Waals surface area (Å²) in [5, 5.41) is 4.18. The van der Waals surface area contributed by atoms with Crippen LogP contribution in [-0.2, 0) is 23.9 Å². The third-order valence-corrected chi connectivity index (χ3v) is 5.22. The van der Waals surface area contributed by atoms with Gasteiger partial charge in [-0.05, 0) is 47.7 Å². The quantitative estimate of drug-likeness (QED) is 0.655. The molecule has 2 aromatic carbocycles. The van der Waals surface area contributed by atoms with Crippen LogP contribution in [0.3, 0.4) is 0 Å². The fourth-order valence-corrected chi connectivity index (χ4v) is 3.83. The molecule has 0 saturated heterocycles. The van der Waals surface area contributed by atoms with Crippen molar-refractivity contribution in [3.63, 3.8) is 0 Å². The van der Waals surface area contributed by atoms with Crippen molar-refractivity contribution in [3.05, 3.63) is 88.7 Å². The van der Waals surface area contributed by atoms with Gasteiger partial charge in [0.2, 0.25) is 5.91 Å². The van der Waals surface area contributed by atoms with Crippen molar-refractivity contribution in [1.82, 2.24) is 14.7 Å². The fraction of sp³-hybridized carbons (Fsp3) is 0.273. The van der Waals surface area contributed by atoms with E-state index in [0.29, 0.717) is 18.5 Å². The van der Waals surface area contributed by atoms with E-state index in [-0.39, 0.29) is 12.5 Å². The number of nitrogens with zero attached hydrogens (tertiary/aromatic N) is 3. The largest absolute Gasteiger partial charge is 0.416 e. The van der Waals surface area contributed by atoms with Gasteiger partial charge >= 0.3 is 6.18 Å². The first-order valence-corrected chi connectivity index (χ1v) is 9.36. The summed E-state index contributed by atoms with van der Waals surface area (Å²) in [6, 6.07) is 12.4. The van der Waals surface area contributed by atoms with E-state index in [1.807, 2.05) is 31.2 Å². The van der Waals surface area contributed by atoms with Gasteiger partial charge in [0.1, 0.15) is 6.54 Å². The highest BCUT2D eigenvalue weighted by atomic mass is 19.4. The lowest BCUT2D eigenvalue weighted by atomic mass is 9.87. The zero-order valence-electron chi connectivity index (χ0n) is 15.9. The minimum Gasteiger partial charge on any atom is -0.330 e. The zero-order chi connectivity index (χ0) is 20.6. The van der Waals surface area contributed by atoms with Crippen LogP contribution in [0.4, 0.5) is 13.2 Å². The van der Waals surface area contributed by atoms with E-state index in [4.69, 9.17) is 0 Å². The van der Waals surface area contributed by atoms with Gasteiger partial charge in [-0.25, -0.2) is 0 Å². The average Bonchev–Trinajstić information content (AvgIpc) is 3.11. The van der Waals surface area contributed by atoms with Crippen LogP contribution in [0.2, 0.25) is 0 Å². The highest BCUT2D eigenvalue weighted by molar-refractivity contribution is 5.77. The number of alkyl halides is 3. The summed E-state index contributed by atoms with van der Waals surface area (Å²) in [5.74, 6) is -0.118. The molecule has 0 aliphatic carbocycles. The van der Waals surface area contributed by atoms with E-state index in [1.165, 1.54) is 12.1 Å². The Morgan fingerprint density at radius 3 is 2.52 bits per heavy atom. The Morgan fingerprint density at radius 2 is 1.86 bits per heavy atom. The molecule has 7 heteroatoms. The molecular weight excluding hydrogens is 379 g/mol. The van der Waals surface area contributed by atoms with Gasteiger partial charge in [-0.2, -0.15) is 18.3 Å². The van der Waals surface area contributed by atoms with E-state index in [1.54, 1.807) is 22.0 Å². The van der Waals surface area contributed by atoms with E-state index in [9.17, 15) is 18.0 Å². The first kappa shape index (κ1) is 19.2. The minimum atomic E-state index is -4.39. The van der Waals surface area contributed by atoms with Gasteiger partial charge in [0.05, 0.1) is 17.8 Å². The maximum atomic E-state index is 13.1. The molecule has 4 nitrogen and oxygen atoms in total. The summed E-state index contributed by atoms with van der Waals surface area (Å²) in [6.07, 6.45) is -0.206. The fourth-order valence-electron chi connectivity index (χ4n) is 3.83. The number of hydrogen-bond acceptors (Lipinski definition) is 2. The summed E-state index contributed by atoms with van der Waals surface area (Å²) in [6.45, 7) is 2.49. The van der Waals surface area contributed by atoms with Crippen LogP contribution >= 0.6 is 0 Å². The molecule has 1 aliphatic heterocycles. The number of aromatic nitrogens is 2. The van der Waals surface area contributed by atoms with Crippen molar-refractivity contribution in [2.24, 2.45) is 0 Å². The molecule has 0 unspecified atom stereocenters. The monoisotopic (exact) mass is 399 g/mol. The van der Waals surface area contributed by atoms with Gasteiger partial charge < -0.3 is 4.90 Å². The second-order valence-electron chi connectivity index (χ2n) is 7.27. The summed E-state index contributed by atoms with van der Waals surface area (Å²) < 4.78 is 40.5. The highest BCUT2D eigenvalue weighted by Crippen LogP contribution is 2.37. The SMILES string of the molecule is Cc1cnn(CC(=O)N2CCc3ccccc3[C@H]2c2ccc(C(F)(F)F)cc2)c1. The molecule has 1 atom stereocenters. The molecule has 29 heavy (non-hydrogen) atoms. The highest BCUT2D eigenvalue weighted by Gasteiger charge is 2.34. The number of benzene rings is 2. The molecule has 2 heterocycles. The Hall–Kier alpha value is -3.09. The van der Waals surface area contributed by atoms with Gasteiger partial charge in [-0.1, -0.05) is 36.4 Å². The van der Waals surface area contributed by atoms with Crippen LogP contribution in [0.25, 0.3) is 0 Å². The van der Waals surface area contributed by atoms with E-state index in [2.05, 4.69) is 5.10 Å². The Balaban J connectivity index is 1.70. The molecule has 1 aliphatic rings. The van der Waals surface area contributed by atoms with Crippen molar-refractivity contribution in [2.75, 3.05) is 6.54 Å². The second kappa shape index (κ2) is 7.39. The van der Waals surface area contributed by atoms with E-state index < -0.39 is 17.8 Å². The number of hydrogen-bond donors (Lipinski definition) is 0. The van der Waals surface area contributed by atoms with Crippen LogP contribution in [0.5, 0.6) is 0 Å². The van der Waals surface area contributed by atoms with Crippen molar-refractivity contribution in [2.45, 2.75) is 32.1 Å². The first-order valence-electron chi connectivity index (χ1n) is 9.36. The molecule has 1 aromatic heterocycles. The number of amides is 1. The van der Waals surface area contributed by atoms with Crippen LogP contribution in [-0.4, -0.2) is 27.1 Å². The number of carbonyl (C=O) groups is 1.